The smallest absolute Gasteiger partial charge is 0.276 e. The maximum Gasteiger partial charge on any atom is 0.276 e. The second-order valence-electron chi connectivity index (χ2n) is 6.50. The number of anilines is 3. The Labute approximate surface area is 163 Å². The highest BCUT2D eigenvalue weighted by Crippen LogP contribution is 2.16. The number of carbonyl (C=O) groups excluding carboxylic acids is 1. The lowest BCUT2D eigenvalue weighted by Crippen LogP contribution is -2.15. The fourth-order valence-electron chi connectivity index (χ4n) is 2.57. The third kappa shape index (κ3) is 5.26. The first-order chi connectivity index (χ1) is 13.5. The van der Waals surface area contributed by atoms with Gasteiger partial charge in [-0.1, -0.05) is 12.1 Å². The summed E-state index contributed by atoms with van der Waals surface area (Å²) < 4.78 is 12.9. The maximum absolute atomic E-state index is 12.9. The average molecular weight is 379 g/mol. The monoisotopic (exact) mass is 379 g/mol. The summed E-state index contributed by atoms with van der Waals surface area (Å²) in [6, 6.07) is 17.2. The molecule has 0 unspecified atom stereocenters. The number of hydrogen-bond donors (Lipinski definition) is 2. The topological polar surface area (TPSA) is 70.2 Å². The molecule has 3 aromatic rings. The van der Waals surface area contributed by atoms with Gasteiger partial charge in [0.25, 0.3) is 5.91 Å². The Morgan fingerprint density at radius 3 is 2.29 bits per heavy atom. The molecule has 2 aromatic carbocycles. The molecular formula is C21H22FN5O. The number of halogens is 1. The van der Waals surface area contributed by atoms with Crippen LogP contribution < -0.4 is 15.5 Å². The van der Waals surface area contributed by atoms with Gasteiger partial charge in [0.2, 0.25) is 0 Å². The van der Waals surface area contributed by atoms with Crippen LogP contribution in [-0.2, 0) is 6.42 Å². The Kier molecular flexibility index (Phi) is 6.16. The standard InChI is InChI=1S/C21H22FN5O/c1-27(2)18-9-7-17(8-10-18)24-21(28)19-11-12-20(26-25-19)23-14-13-15-3-5-16(22)6-4-15/h3-12H,13-14H2,1-2H3,(H,23,26)(H,24,28). The van der Waals surface area contributed by atoms with E-state index in [-0.39, 0.29) is 17.4 Å². The molecule has 0 radical (unpaired) electrons. The summed E-state index contributed by atoms with van der Waals surface area (Å²) >= 11 is 0. The Hall–Kier alpha value is -3.48. The number of aromatic nitrogens is 2. The zero-order valence-electron chi connectivity index (χ0n) is 15.8. The van der Waals surface area contributed by atoms with Crippen LogP contribution in [-0.4, -0.2) is 36.7 Å². The van der Waals surface area contributed by atoms with Gasteiger partial charge in [-0.25, -0.2) is 4.39 Å². The molecular weight excluding hydrogens is 357 g/mol. The summed E-state index contributed by atoms with van der Waals surface area (Å²) in [5.41, 5.74) is 3.01. The van der Waals surface area contributed by atoms with E-state index < -0.39 is 0 Å². The fraction of sp³-hybridized carbons (Fsp3) is 0.190. The lowest BCUT2D eigenvalue weighted by molar-refractivity contribution is 0.102. The van der Waals surface area contributed by atoms with Crippen LogP contribution in [0.25, 0.3) is 0 Å². The second kappa shape index (κ2) is 8.94. The second-order valence-corrected chi connectivity index (χ2v) is 6.50. The number of rotatable bonds is 7. The van der Waals surface area contributed by atoms with Crippen molar-refractivity contribution >= 4 is 23.1 Å². The van der Waals surface area contributed by atoms with Crippen molar-refractivity contribution < 1.29 is 9.18 Å². The lowest BCUT2D eigenvalue weighted by atomic mass is 10.1. The first-order valence-corrected chi connectivity index (χ1v) is 8.92. The molecule has 1 aromatic heterocycles. The SMILES string of the molecule is CN(C)c1ccc(NC(=O)c2ccc(NCCc3ccc(F)cc3)nn2)cc1. The van der Waals surface area contributed by atoms with Gasteiger partial charge in [0, 0.05) is 32.0 Å². The number of hydrogen-bond acceptors (Lipinski definition) is 5. The van der Waals surface area contributed by atoms with E-state index in [4.69, 9.17) is 0 Å². The summed E-state index contributed by atoms with van der Waals surface area (Å²) in [6.07, 6.45) is 0.729. The molecule has 0 aliphatic rings. The molecule has 144 valence electrons. The van der Waals surface area contributed by atoms with Gasteiger partial charge in [-0.3, -0.25) is 4.79 Å². The molecule has 7 heteroatoms. The van der Waals surface area contributed by atoms with Crippen molar-refractivity contribution in [1.29, 1.82) is 0 Å². The zero-order valence-corrected chi connectivity index (χ0v) is 15.8. The van der Waals surface area contributed by atoms with E-state index in [0.29, 0.717) is 18.1 Å². The summed E-state index contributed by atoms with van der Waals surface area (Å²) in [7, 11) is 3.91. The minimum atomic E-state index is -0.317. The number of nitrogens with zero attached hydrogens (tertiary/aromatic N) is 3. The van der Waals surface area contributed by atoms with Gasteiger partial charge in [-0.2, -0.15) is 0 Å². The predicted octanol–water partition coefficient (Wildman–Crippen LogP) is 3.59. The third-order valence-corrected chi connectivity index (χ3v) is 4.17. The van der Waals surface area contributed by atoms with Crippen LogP contribution in [0.4, 0.5) is 21.6 Å². The highest BCUT2D eigenvalue weighted by atomic mass is 19.1. The molecule has 0 aliphatic heterocycles. The van der Waals surface area contributed by atoms with Crippen LogP contribution in [0.1, 0.15) is 16.1 Å². The molecule has 1 amide bonds. The van der Waals surface area contributed by atoms with Crippen molar-refractivity contribution in [1.82, 2.24) is 10.2 Å². The number of amides is 1. The van der Waals surface area contributed by atoms with Crippen molar-refractivity contribution in [3.63, 3.8) is 0 Å². The normalized spacial score (nSPS) is 10.4. The molecule has 28 heavy (non-hydrogen) atoms. The van der Waals surface area contributed by atoms with Crippen LogP contribution in [0.5, 0.6) is 0 Å². The molecule has 2 N–H and O–H groups in total. The van der Waals surface area contributed by atoms with Crippen molar-refractivity contribution in [2.75, 3.05) is 36.2 Å². The molecule has 0 fully saturated rings. The molecule has 0 saturated heterocycles. The van der Waals surface area contributed by atoms with Gasteiger partial charge in [0.05, 0.1) is 0 Å². The summed E-state index contributed by atoms with van der Waals surface area (Å²) in [5.74, 6) is 0.0158. The molecule has 0 bridgehead atoms. The van der Waals surface area contributed by atoms with Crippen LogP contribution in [0.15, 0.2) is 60.7 Å². The Bertz CT molecular complexity index is 909. The molecule has 0 spiro atoms. The van der Waals surface area contributed by atoms with Crippen molar-refractivity contribution in [3.8, 4) is 0 Å². The zero-order chi connectivity index (χ0) is 19.9. The number of carbonyl (C=O) groups is 1. The van der Waals surface area contributed by atoms with Crippen molar-refractivity contribution in [2.24, 2.45) is 0 Å². The minimum Gasteiger partial charge on any atom is -0.378 e. The quantitative estimate of drug-likeness (QED) is 0.657. The molecule has 3 rings (SSSR count). The Morgan fingerprint density at radius 1 is 0.964 bits per heavy atom. The first-order valence-electron chi connectivity index (χ1n) is 8.92. The van der Waals surface area contributed by atoms with Crippen LogP contribution in [0, 0.1) is 5.82 Å². The Morgan fingerprint density at radius 2 is 1.68 bits per heavy atom. The van der Waals surface area contributed by atoms with Crippen LogP contribution in [0.3, 0.4) is 0 Å². The van der Waals surface area contributed by atoms with Crippen molar-refractivity contribution in [3.05, 3.63) is 77.7 Å². The van der Waals surface area contributed by atoms with Gasteiger partial charge in [-0.15, -0.1) is 10.2 Å². The minimum absolute atomic E-state index is 0.237. The number of nitrogens with one attached hydrogen (secondary N) is 2. The van der Waals surface area contributed by atoms with E-state index in [0.717, 1.165) is 17.7 Å². The fourth-order valence-corrected chi connectivity index (χ4v) is 2.57. The van der Waals surface area contributed by atoms with Crippen LogP contribution >= 0.6 is 0 Å². The highest BCUT2D eigenvalue weighted by Gasteiger charge is 2.09. The summed E-state index contributed by atoms with van der Waals surface area (Å²) in [4.78, 5) is 14.3. The lowest BCUT2D eigenvalue weighted by Gasteiger charge is -2.13. The van der Waals surface area contributed by atoms with E-state index in [1.54, 1.807) is 24.3 Å². The van der Waals surface area contributed by atoms with Gasteiger partial charge >= 0.3 is 0 Å². The van der Waals surface area contributed by atoms with E-state index >= 15 is 0 Å². The van der Waals surface area contributed by atoms with Crippen LogP contribution in [0.2, 0.25) is 0 Å². The van der Waals surface area contributed by atoms with E-state index in [2.05, 4.69) is 20.8 Å². The Balaban J connectivity index is 1.51. The summed E-state index contributed by atoms with van der Waals surface area (Å²) in [5, 5.41) is 13.9. The third-order valence-electron chi connectivity index (χ3n) is 4.17. The van der Waals surface area contributed by atoms with Gasteiger partial charge in [0.1, 0.15) is 11.6 Å². The molecule has 0 atom stereocenters. The van der Waals surface area contributed by atoms with E-state index in [1.807, 2.05) is 43.3 Å². The van der Waals surface area contributed by atoms with Gasteiger partial charge in [-0.05, 0) is 60.5 Å². The molecule has 0 aliphatic carbocycles. The molecule has 6 nitrogen and oxygen atoms in total. The highest BCUT2D eigenvalue weighted by molar-refractivity contribution is 6.02. The summed E-state index contributed by atoms with van der Waals surface area (Å²) in [6.45, 7) is 0.629. The van der Waals surface area contributed by atoms with Gasteiger partial charge in [0.15, 0.2) is 5.69 Å². The largest absolute Gasteiger partial charge is 0.378 e. The number of benzene rings is 2. The predicted molar refractivity (Wildman–Crippen MR) is 109 cm³/mol. The van der Waals surface area contributed by atoms with Crippen molar-refractivity contribution in [2.45, 2.75) is 6.42 Å². The molecule has 0 saturated carbocycles. The molecule has 1 heterocycles. The van der Waals surface area contributed by atoms with E-state index in [1.165, 1.54) is 12.1 Å². The average Bonchev–Trinajstić information content (AvgIpc) is 2.70. The first kappa shape index (κ1) is 19.3. The van der Waals surface area contributed by atoms with E-state index in [9.17, 15) is 9.18 Å². The van der Waals surface area contributed by atoms with Gasteiger partial charge < -0.3 is 15.5 Å². The maximum atomic E-state index is 12.9.